The monoisotopic (exact) mass is 460 g/mol. The zero-order valence-electron chi connectivity index (χ0n) is 19.0. The highest BCUT2D eigenvalue weighted by atomic mass is 16.5. The molecule has 0 saturated heterocycles. The van der Waals surface area contributed by atoms with Crippen LogP contribution in [0.1, 0.15) is 46.4 Å². The van der Waals surface area contributed by atoms with E-state index >= 15 is 0 Å². The predicted octanol–water partition coefficient (Wildman–Crippen LogP) is 5.17. The van der Waals surface area contributed by atoms with Gasteiger partial charge in [-0.05, 0) is 86.3 Å². The summed E-state index contributed by atoms with van der Waals surface area (Å²) in [7, 11) is 1.30. The van der Waals surface area contributed by atoms with Crippen LogP contribution in [-0.4, -0.2) is 31.1 Å². The number of rotatable bonds is 7. The number of esters is 1. The lowest BCUT2D eigenvalue weighted by Gasteiger charge is -2.26. The molecule has 0 heterocycles. The van der Waals surface area contributed by atoms with E-state index in [1.807, 2.05) is 24.3 Å². The smallest absolute Gasteiger partial charge is 0.339 e. The third-order valence-electron chi connectivity index (χ3n) is 5.78. The number of benzene rings is 3. The second kappa shape index (κ2) is 10.9. The normalized spacial score (nSPS) is 17.5. The number of nitrogens with two attached hydrogens (primary N) is 1. The maximum Gasteiger partial charge on any atom is 0.339 e. The fourth-order valence-corrected chi connectivity index (χ4v) is 3.87. The molecule has 1 aliphatic rings. The minimum absolute atomic E-state index is 0.213. The molecule has 0 aromatic heterocycles. The van der Waals surface area contributed by atoms with E-state index in [0.29, 0.717) is 28.8 Å². The van der Waals surface area contributed by atoms with Crippen LogP contribution in [0.25, 0.3) is 0 Å². The van der Waals surface area contributed by atoms with Crippen molar-refractivity contribution in [1.82, 2.24) is 0 Å². The SMILES string of the molecule is COC(=O)c1ccccc1NC(=O)c1ccc(Oc2ccc(OC3CCC(N)CC3)cc2)cc1. The third kappa shape index (κ3) is 5.94. The van der Waals surface area contributed by atoms with E-state index < -0.39 is 5.97 Å². The number of methoxy groups -OCH3 is 1. The molecule has 0 bridgehead atoms. The molecule has 3 aromatic carbocycles. The zero-order valence-corrected chi connectivity index (χ0v) is 19.0. The van der Waals surface area contributed by atoms with Crippen molar-refractivity contribution in [3.05, 3.63) is 83.9 Å². The molecular weight excluding hydrogens is 432 g/mol. The first-order chi connectivity index (χ1) is 16.5. The Balaban J connectivity index is 1.34. The fraction of sp³-hybridized carbons (Fsp3) is 0.259. The maximum atomic E-state index is 12.6. The van der Waals surface area contributed by atoms with Crippen molar-refractivity contribution < 1.29 is 23.8 Å². The molecule has 7 nitrogen and oxygen atoms in total. The van der Waals surface area contributed by atoms with Gasteiger partial charge in [0, 0.05) is 11.6 Å². The Hall–Kier alpha value is -3.84. The molecule has 0 spiro atoms. The fourth-order valence-electron chi connectivity index (χ4n) is 3.87. The summed E-state index contributed by atoms with van der Waals surface area (Å²) in [6, 6.07) is 21.2. The molecule has 34 heavy (non-hydrogen) atoms. The number of hydrogen-bond acceptors (Lipinski definition) is 6. The summed E-state index contributed by atoms with van der Waals surface area (Å²) in [5.74, 6) is 1.22. The number of para-hydroxylation sites is 1. The number of anilines is 1. The van der Waals surface area contributed by atoms with Gasteiger partial charge in [0.15, 0.2) is 0 Å². The van der Waals surface area contributed by atoms with Gasteiger partial charge in [0.05, 0.1) is 24.5 Å². The quantitative estimate of drug-likeness (QED) is 0.472. The van der Waals surface area contributed by atoms with Crippen molar-refractivity contribution >= 4 is 17.6 Å². The Morgan fingerprint density at radius 2 is 1.41 bits per heavy atom. The van der Waals surface area contributed by atoms with Gasteiger partial charge in [-0.15, -0.1) is 0 Å². The lowest BCUT2D eigenvalue weighted by Crippen LogP contribution is -2.31. The molecule has 1 saturated carbocycles. The average Bonchev–Trinajstić information content (AvgIpc) is 2.87. The Kier molecular flexibility index (Phi) is 7.44. The molecule has 1 aliphatic carbocycles. The van der Waals surface area contributed by atoms with E-state index in [9.17, 15) is 9.59 Å². The molecule has 1 fully saturated rings. The van der Waals surface area contributed by atoms with Crippen LogP contribution in [0.4, 0.5) is 5.69 Å². The molecule has 0 radical (unpaired) electrons. The van der Waals surface area contributed by atoms with E-state index in [4.69, 9.17) is 19.9 Å². The number of hydrogen-bond donors (Lipinski definition) is 2. The van der Waals surface area contributed by atoms with E-state index in [1.54, 1.807) is 48.5 Å². The van der Waals surface area contributed by atoms with Gasteiger partial charge in [0.2, 0.25) is 0 Å². The van der Waals surface area contributed by atoms with Crippen LogP contribution < -0.4 is 20.5 Å². The highest BCUT2D eigenvalue weighted by Crippen LogP contribution is 2.27. The average molecular weight is 461 g/mol. The highest BCUT2D eigenvalue weighted by molar-refractivity contribution is 6.08. The van der Waals surface area contributed by atoms with Gasteiger partial charge < -0.3 is 25.3 Å². The number of amides is 1. The molecule has 1 amide bonds. The summed E-state index contributed by atoms with van der Waals surface area (Å²) in [4.78, 5) is 24.5. The van der Waals surface area contributed by atoms with Crippen LogP contribution in [-0.2, 0) is 4.74 Å². The summed E-state index contributed by atoms with van der Waals surface area (Å²) in [5.41, 5.74) is 7.06. The van der Waals surface area contributed by atoms with Gasteiger partial charge >= 0.3 is 5.97 Å². The van der Waals surface area contributed by atoms with E-state index in [-0.39, 0.29) is 17.6 Å². The summed E-state index contributed by atoms with van der Waals surface area (Å²) in [5, 5.41) is 2.75. The minimum atomic E-state index is -0.515. The van der Waals surface area contributed by atoms with Crippen LogP contribution in [0, 0.1) is 0 Å². The molecule has 3 N–H and O–H groups in total. The molecule has 3 aromatic rings. The Morgan fingerprint density at radius 1 is 0.824 bits per heavy atom. The maximum absolute atomic E-state index is 12.6. The summed E-state index contributed by atoms with van der Waals surface area (Å²) >= 11 is 0. The number of ether oxygens (including phenoxy) is 3. The zero-order chi connectivity index (χ0) is 23.9. The highest BCUT2D eigenvalue weighted by Gasteiger charge is 2.20. The third-order valence-corrected chi connectivity index (χ3v) is 5.78. The molecule has 7 heteroatoms. The standard InChI is InChI=1S/C27H28N2O5/c1-32-27(31)24-4-2-3-5-25(24)29-26(30)18-6-10-20(11-7-18)33-22-14-16-23(17-15-22)34-21-12-8-19(28)9-13-21/h2-7,10-11,14-17,19,21H,8-9,12-13,28H2,1H3,(H,29,30). The Labute approximate surface area is 198 Å². The van der Waals surface area contributed by atoms with Crippen molar-refractivity contribution in [3.8, 4) is 17.2 Å². The van der Waals surface area contributed by atoms with Crippen molar-refractivity contribution in [1.29, 1.82) is 0 Å². The molecule has 0 atom stereocenters. The second-order valence-electron chi connectivity index (χ2n) is 8.24. The van der Waals surface area contributed by atoms with Crippen LogP contribution >= 0.6 is 0 Å². The van der Waals surface area contributed by atoms with E-state index in [1.165, 1.54) is 7.11 Å². The molecule has 4 rings (SSSR count). The van der Waals surface area contributed by atoms with Gasteiger partial charge in [-0.3, -0.25) is 4.79 Å². The van der Waals surface area contributed by atoms with Crippen LogP contribution in [0.3, 0.4) is 0 Å². The van der Waals surface area contributed by atoms with Crippen molar-refractivity contribution in [2.45, 2.75) is 37.8 Å². The number of carbonyl (C=O) groups excluding carboxylic acids is 2. The number of carbonyl (C=O) groups is 2. The van der Waals surface area contributed by atoms with Gasteiger partial charge in [0.1, 0.15) is 17.2 Å². The summed E-state index contributed by atoms with van der Waals surface area (Å²) in [6.07, 6.45) is 4.17. The Bertz CT molecular complexity index is 1120. The summed E-state index contributed by atoms with van der Waals surface area (Å²) < 4.78 is 16.7. The predicted molar refractivity (Wildman–Crippen MR) is 130 cm³/mol. The molecule has 0 aliphatic heterocycles. The van der Waals surface area contributed by atoms with Crippen molar-refractivity contribution in [2.24, 2.45) is 5.73 Å². The van der Waals surface area contributed by atoms with Gasteiger partial charge in [-0.2, -0.15) is 0 Å². The van der Waals surface area contributed by atoms with E-state index in [2.05, 4.69) is 5.32 Å². The molecule has 176 valence electrons. The number of nitrogens with one attached hydrogen (secondary N) is 1. The first-order valence-electron chi connectivity index (χ1n) is 11.3. The molecular formula is C27H28N2O5. The van der Waals surface area contributed by atoms with E-state index in [0.717, 1.165) is 31.4 Å². The van der Waals surface area contributed by atoms with Crippen LogP contribution in [0.2, 0.25) is 0 Å². The largest absolute Gasteiger partial charge is 0.490 e. The summed E-state index contributed by atoms with van der Waals surface area (Å²) in [6.45, 7) is 0. The second-order valence-corrected chi connectivity index (χ2v) is 8.24. The van der Waals surface area contributed by atoms with Crippen molar-refractivity contribution in [2.75, 3.05) is 12.4 Å². The van der Waals surface area contributed by atoms with Crippen molar-refractivity contribution in [3.63, 3.8) is 0 Å². The van der Waals surface area contributed by atoms with Crippen LogP contribution in [0.5, 0.6) is 17.2 Å². The molecule has 0 unspecified atom stereocenters. The lowest BCUT2D eigenvalue weighted by atomic mass is 9.94. The lowest BCUT2D eigenvalue weighted by molar-refractivity contribution is 0.0602. The van der Waals surface area contributed by atoms with Gasteiger partial charge in [-0.1, -0.05) is 12.1 Å². The minimum Gasteiger partial charge on any atom is -0.490 e. The first kappa shape index (κ1) is 23.3. The Morgan fingerprint density at radius 3 is 2.06 bits per heavy atom. The van der Waals surface area contributed by atoms with Gasteiger partial charge in [0.25, 0.3) is 5.91 Å². The first-order valence-corrected chi connectivity index (χ1v) is 11.3. The van der Waals surface area contributed by atoms with Crippen LogP contribution in [0.15, 0.2) is 72.8 Å². The topological polar surface area (TPSA) is 99.9 Å². The van der Waals surface area contributed by atoms with Gasteiger partial charge in [-0.25, -0.2) is 4.79 Å².